The van der Waals surface area contributed by atoms with Crippen molar-refractivity contribution in [3.05, 3.63) is 34.3 Å². The summed E-state index contributed by atoms with van der Waals surface area (Å²) in [5.74, 6) is 0.541. The van der Waals surface area contributed by atoms with Crippen molar-refractivity contribution in [1.29, 1.82) is 0 Å². The van der Waals surface area contributed by atoms with Crippen LogP contribution in [0.25, 0.3) is 0 Å². The Bertz CT molecular complexity index is 405. The van der Waals surface area contributed by atoms with Crippen LogP contribution in [-0.2, 0) is 9.47 Å². The Labute approximate surface area is 130 Å². The average molecular weight is 342 g/mol. The molecular weight excluding hydrogens is 318 g/mol. The number of halogens is 1. The third-order valence-electron chi connectivity index (χ3n) is 3.52. The van der Waals surface area contributed by atoms with Crippen LogP contribution >= 0.6 is 15.9 Å². The van der Waals surface area contributed by atoms with E-state index in [0.29, 0.717) is 12.0 Å². The first-order valence-corrected chi connectivity index (χ1v) is 8.13. The van der Waals surface area contributed by atoms with Crippen molar-refractivity contribution >= 4 is 15.9 Å². The molecular formula is C16H24BrNO2. The molecule has 0 amide bonds. The van der Waals surface area contributed by atoms with Gasteiger partial charge in [-0.1, -0.05) is 48.0 Å². The van der Waals surface area contributed by atoms with Gasteiger partial charge >= 0.3 is 0 Å². The number of hydrogen-bond acceptors (Lipinski definition) is 3. The van der Waals surface area contributed by atoms with Gasteiger partial charge in [0.1, 0.15) is 0 Å². The van der Waals surface area contributed by atoms with Gasteiger partial charge in [-0.2, -0.15) is 0 Å². The first kappa shape index (κ1) is 16.0. The quantitative estimate of drug-likeness (QED) is 0.822. The fraction of sp³-hybridized carbons (Fsp3) is 0.625. The van der Waals surface area contributed by atoms with Crippen molar-refractivity contribution in [1.82, 2.24) is 5.32 Å². The van der Waals surface area contributed by atoms with Crippen molar-refractivity contribution in [3.63, 3.8) is 0 Å². The van der Waals surface area contributed by atoms with Gasteiger partial charge in [0, 0.05) is 29.6 Å². The molecule has 0 radical (unpaired) electrons. The maximum atomic E-state index is 6.17. The zero-order valence-electron chi connectivity index (χ0n) is 12.3. The first-order chi connectivity index (χ1) is 9.66. The van der Waals surface area contributed by atoms with E-state index >= 15 is 0 Å². The van der Waals surface area contributed by atoms with Gasteiger partial charge in [-0.05, 0) is 18.1 Å². The molecule has 1 aliphatic rings. The van der Waals surface area contributed by atoms with Crippen LogP contribution in [0.2, 0.25) is 0 Å². The van der Waals surface area contributed by atoms with Gasteiger partial charge in [0.05, 0.1) is 19.3 Å². The van der Waals surface area contributed by atoms with Crippen LogP contribution in [0.1, 0.15) is 31.9 Å². The molecule has 1 saturated heterocycles. The summed E-state index contributed by atoms with van der Waals surface area (Å²) in [4.78, 5) is 0. The summed E-state index contributed by atoms with van der Waals surface area (Å²) in [6, 6.07) is 8.75. The summed E-state index contributed by atoms with van der Waals surface area (Å²) in [7, 11) is 0. The molecule has 1 fully saturated rings. The third kappa shape index (κ3) is 4.85. The highest BCUT2D eigenvalue weighted by molar-refractivity contribution is 9.10. The normalized spacial score (nSPS) is 20.5. The Kier molecular flexibility index (Phi) is 6.49. The summed E-state index contributed by atoms with van der Waals surface area (Å²) >= 11 is 3.62. The van der Waals surface area contributed by atoms with E-state index < -0.39 is 0 Å². The highest BCUT2D eigenvalue weighted by Crippen LogP contribution is 2.27. The Morgan fingerprint density at radius 3 is 2.85 bits per heavy atom. The van der Waals surface area contributed by atoms with E-state index in [1.165, 1.54) is 5.56 Å². The lowest BCUT2D eigenvalue weighted by Gasteiger charge is -2.23. The topological polar surface area (TPSA) is 30.5 Å². The van der Waals surface area contributed by atoms with Crippen LogP contribution in [-0.4, -0.2) is 32.4 Å². The van der Waals surface area contributed by atoms with Gasteiger partial charge in [0.2, 0.25) is 0 Å². The molecule has 20 heavy (non-hydrogen) atoms. The first-order valence-electron chi connectivity index (χ1n) is 7.34. The largest absolute Gasteiger partial charge is 0.381 e. The summed E-state index contributed by atoms with van der Waals surface area (Å²) < 4.78 is 12.7. The Hall–Kier alpha value is -0.420. The Morgan fingerprint density at radius 1 is 1.40 bits per heavy atom. The van der Waals surface area contributed by atoms with E-state index in [9.17, 15) is 0 Å². The summed E-state index contributed by atoms with van der Waals surface area (Å²) in [5.41, 5.74) is 1.21. The second-order valence-corrected chi connectivity index (χ2v) is 6.49. The van der Waals surface area contributed by atoms with Gasteiger partial charge in [-0.15, -0.1) is 0 Å². The molecule has 2 rings (SSSR count). The summed E-state index contributed by atoms with van der Waals surface area (Å²) in [5, 5.41) is 3.47. The molecule has 0 spiro atoms. The molecule has 3 nitrogen and oxygen atoms in total. The molecule has 112 valence electrons. The van der Waals surface area contributed by atoms with Crippen molar-refractivity contribution in [2.75, 3.05) is 26.4 Å². The predicted molar refractivity (Wildman–Crippen MR) is 84.9 cm³/mol. The van der Waals surface area contributed by atoms with Crippen molar-refractivity contribution in [3.8, 4) is 0 Å². The van der Waals surface area contributed by atoms with Gasteiger partial charge in [0.15, 0.2) is 0 Å². The molecule has 1 aliphatic heterocycles. The van der Waals surface area contributed by atoms with E-state index in [2.05, 4.69) is 53.3 Å². The Balaban J connectivity index is 1.97. The van der Waals surface area contributed by atoms with Crippen molar-refractivity contribution in [2.45, 2.75) is 32.4 Å². The van der Waals surface area contributed by atoms with E-state index in [1.54, 1.807) is 0 Å². The van der Waals surface area contributed by atoms with Crippen LogP contribution < -0.4 is 5.32 Å². The molecule has 2 unspecified atom stereocenters. The predicted octanol–water partition coefficient (Wildman–Crippen LogP) is 3.54. The van der Waals surface area contributed by atoms with Crippen LogP contribution in [0.15, 0.2) is 28.7 Å². The monoisotopic (exact) mass is 341 g/mol. The highest BCUT2D eigenvalue weighted by Gasteiger charge is 2.20. The lowest BCUT2D eigenvalue weighted by Crippen LogP contribution is -2.30. The maximum Gasteiger partial charge on any atom is 0.0960 e. The average Bonchev–Trinajstić information content (AvgIpc) is 2.93. The zero-order valence-corrected chi connectivity index (χ0v) is 13.9. The van der Waals surface area contributed by atoms with E-state index in [0.717, 1.165) is 37.3 Å². The van der Waals surface area contributed by atoms with Crippen molar-refractivity contribution < 1.29 is 9.47 Å². The second kappa shape index (κ2) is 8.13. The smallest absolute Gasteiger partial charge is 0.0960 e. The minimum Gasteiger partial charge on any atom is -0.381 e. The standard InChI is InChI=1S/C16H24BrNO2/c1-12(2)18-9-16(14-5-3-4-6-15(14)17)20-11-13-7-8-19-10-13/h3-6,12-13,16,18H,7-11H2,1-2H3. The second-order valence-electron chi connectivity index (χ2n) is 5.64. The van der Waals surface area contributed by atoms with Crippen LogP contribution in [0.5, 0.6) is 0 Å². The van der Waals surface area contributed by atoms with Crippen LogP contribution in [0.4, 0.5) is 0 Å². The number of hydrogen-bond donors (Lipinski definition) is 1. The van der Waals surface area contributed by atoms with Gasteiger partial charge in [0.25, 0.3) is 0 Å². The highest BCUT2D eigenvalue weighted by atomic mass is 79.9. The number of ether oxygens (including phenoxy) is 2. The van der Waals surface area contributed by atoms with Crippen LogP contribution in [0.3, 0.4) is 0 Å². The van der Waals surface area contributed by atoms with E-state index in [-0.39, 0.29) is 6.10 Å². The lowest BCUT2D eigenvalue weighted by molar-refractivity contribution is 0.0240. The zero-order chi connectivity index (χ0) is 14.4. The third-order valence-corrected chi connectivity index (χ3v) is 4.24. The van der Waals surface area contributed by atoms with Crippen LogP contribution in [0, 0.1) is 5.92 Å². The van der Waals surface area contributed by atoms with Gasteiger partial charge in [-0.25, -0.2) is 0 Å². The minimum absolute atomic E-state index is 0.0774. The molecule has 1 aromatic carbocycles. The van der Waals surface area contributed by atoms with Gasteiger partial charge in [-0.3, -0.25) is 0 Å². The molecule has 0 saturated carbocycles. The summed E-state index contributed by atoms with van der Waals surface area (Å²) in [6.45, 7) is 7.61. The Morgan fingerprint density at radius 2 is 2.20 bits per heavy atom. The SMILES string of the molecule is CC(C)NCC(OCC1CCOC1)c1ccccc1Br. The molecule has 0 aromatic heterocycles. The fourth-order valence-corrected chi connectivity index (χ4v) is 2.84. The number of rotatable bonds is 7. The molecule has 0 bridgehead atoms. The van der Waals surface area contributed by atoms with Gasteiger partial charge < -0.3 is 14.8 Å². The van der Waals surface area contributed by atoms with E-state index in [4.69, 9.17) is 9.47 Å². The molecule has 1 N–H and O–H groups in total. The van der Waals surface area contributed by atoms with E-state index in [1.807, 2.05) is 6.07 Å². The van der Waals surface area contributed by atoms with Crippen molar-refractivity contribution in [2.24, 2.45) is 5.92 Å². The minimum atomic E-state index is 0.0774. The molecule has 0 aliphatic carbocycles. The summed E-state index contributed by atoms with van der Waals surface area (Å²) in [6.07, 6.45) is 1.19. The molecule has 4 heteroatoms. The molecule has 1 aromatic rings. The molecule has 1 heterocycles. The lowest BCUT2D eigenvalue weighted by atomic mass is 10.1. The fourth-order valence-electron chi connectivity index (χ4n) is 2.30. The number of nitrogens with one attached hydrogen (secondary N) is 1. The number of benzene rings is 1. The maximum absolute atomic E-state index is 6.17. The molecule has 2 atom stereocenters.